The Balaban J connectivity index is 1.49. The average Bonchev–Trinajstić information content (AvgIpc) is 2.72. The Bertz CT molecular complexity index is 1120. The lowest BCUT2D eigenvalue weighted by Crippen LogP contribution is -2.43. The molecular formula is C22H24F3N5O4. The first-order chi connectivity index (χ1) is 15.9. The zero-order valence-electron chi connectivity index (χ0n) is 18.5. The molecule has 0 fully saturated rings. The molecule has 0 spiro atoms. The number of ether oxygens (including phenoxy) is 1. The molecular weight excluding hydrogens is 455 g/mol. The van der Waals surface area contributed by atoms with Gasteiger partial charge in [0.25, 0.3) is 0 Å². The van der Waals surface area contributed by atoms with Crippen molar-refractivity contribution in [3.63, 3.8) is 0 Å². The summed E-state index contributed by atoms with van der Waals surface area (Å²) in [4.78, 5) is 29.9. The second-order valence-corrected chi connectivity index (χ2v) is 8.75. The zero-order chi connectivity index (χ0) is 24.7. The largest absolute Gasteiger partial charge is 0.471 e. The van der Waals surface area contributed by atoms with E-state index in [1.807, 2.05) is 0 Å². The Morgan fingerprint density at radius 1 is 1.32 bits per heavy atom. The Morgan fingerprint density at radius 3 is 2.79 bits per heavy atom. The highest BCUT2D eigenvalue weighted by Gasteiger charge is 2.39. The number of hydrogen-bond acceptors (Lipinski definition) is 5. The highest BCUT2D eigenvalue weighted by atomic mass is 19.4. The molecule has 0 bridgehead atoms. The molecule has 2 aliphatic heterocycles. The number of fused-ring (bicyclic) bond motifs is 2. The smallest absolute Gasteiger partial charge is 0.433 e. The van der Waals surface area contributed by atoms with Crippen LogP contribution in [0, 0.1) is 0 Å². The average molecular weight is 479 g/mol. The van der Waals surface area contributed by atoms with Crippen LogP contribution in [0.5, 0.6) is 5.88 Å². The number of aliphatic hydroxyl groups excluding tert-OH is 1. The van der Waals surface area contributed by atoms with Gasteiger partial charge in [0.05, 0.1) is 12.6 Å². The summed E-state index contributed by atoms with van der Waals surface area (Å²) in [6.07, 6.45) is -4.29. The van der Waals surface area contributed by atoms with E-state index < -0.39 is 29.5 Å². The number of amides is 4. The molecule has 3 heterocycles. The zero-order valence-corrected chi connectivity index (χ0v) is 18.5. The first kappa shape index (κ1) is 23.6. The van der Waals surface area contributed by atoms with Crippen molar-refractivity contribution in [1.29, 1.82) is 0 Å². The molecule has 0 radical (unpaired) electrons. The first-order valence-corrected chi connectivity index (χ1v) is 10.6. The second-order valence-electron chi connectivity index (χ2n) is 8.75. The van der Waals surface area contributed by atoms with Gasteiger partial charge in [0.15, 0.2) is 0 Å². The van der Waals surface area contributed by atoms with E-state index in [1.165, 1.54) is 11.0 Å². The first-order valence-electron chi connectivity index (χ1n) is 10.6. The molecule has 182 valence electrons. The fraction of sp³-hybridized carbons (Fsp3) is 0.409. The Morgan fingerprint density at radius 2 is 2.09 bits per heavy atom. The highest BCUT2D eigenvalue weighted by molar-refractivity contribution is 5.95. The molecule has 1 aromatic carbocycles. The van der Waals surface area contributed by atoms with Crippen molar-refractivity contribution in [2.75, 3.05) is 23.8 Å². The Hall–Kier alpha value is -3.54. The molecule has 4 amide bonds. The summed E-state index contributed by atoms with van der Waals surface area (Å²) in [7, 11) is 0. The van der Waals surface area contributed by atoms with E-state index in [0.717, 1.165) is 11.6 Å². The molecule has 0 aliphatic carbocycles. The number of halogens is 3. The van der Waals surface area contributed by atoms with Gasteiger partial charge >= 0.3 is 18.2 Å². The van der Waals surface area contributed by atoms with Crippen molar-refractivity contribution >= 4 is 23.4 Å². The summed E-state index contributed by atoms with van der Waals surface area (Å²) >= 11 is 0. The van der Waals surface area contributed by atoms with E-state index in [1.54, 1.807) is 32.0 Å². The molecule has 0 saturated carbocycles. The summed E-state index contributed by atoms with van der Waals surface area (Å²) in [6, 6.07) is 5.61. The monoisotopic (exact) mass is 479 g/mol. The van der Waals surface area contributed by atoms with Gasteiger partial charge in [0.1, 0.15) is 11.3 Å². The number of carbonyl (C=O) groups is 2. The number of β-amino-alcohol motifs (C(OH)–C–C–N with tert-alkyl or cyclic N) is 1. The summed E-state index contributed by atoms with van der Waals surface area (Å²) in [5.41, 5.74) is 0.219. The minimum Gasteiger partial charge on any atom is -0.471 e. The van der Waals surface area contributed by atoms with Crippen molar-refractivity contribution in [1.82, 2.24) is 15.2 Å². The maximum absolute atomic E-state index is 13.1. The molecule has 4 N–H and O–H groups in total. The Labute approximate surface area is 193 Å². The number of aliphatic hydroxyl groups is 1. The number of anilines is 2. The van der Waals surface area contributed by atoms with E-state index in [4.69, 9.17) is 9.84 Å². The number of carbonyl (C=O) groups excluding carboxylic acids is 2. The lowest BCUT2D eigenvalue weighted by Gasteiger charge is -2.37. The third-order valence-corrected chi connectivity index (χ3v) is 5.56. The van der Waals surface area contributed by atoms with Crippen LogP contribution in [0.3, 0.4) is 0 Å². The summed E-state index contributed by atoms with van der Waals surface area (Å²) in [6.45, 7) is 3.79. The van der Waals surface area contributed by atoms with Crippen molar-refractivity contribution in [3.05, 3.63) is 47.2 Å². The van der Waals surface area contributed by atoms with E-state index in [0.29, 0.717) is 29.9 Å². The predicted molar refractivity (Wildman–Crippen MR) is 116 cm³/mol. The van der Waals surface area contributed by atoms with Gasteiger partial charge < -0.3 is 30.7 Å². The van der Waals surface area contributed by atoms with Crippen molar-refractivity contribution < 1.29 is 32.6 Å². The van der Waals surface area contributed by atoms with Gasteiger partial charge in [-0.2, -0.15) is 13.2 Å². The van der Waals surface area contributed by atoms with Gasteiger partial charge in [-0.05, 0) is 43.7 Å². The molecule has 1 atom stereocenters. The second kappa shape index (κ2) is 8.67. The van der Waals surface area contributed by atoms with Crippen LogP contribution in [-0.2, 0) is 12.7 Å². The topological polar surface area (TPSA) is 116 Å². The van der Waals surface area contributed by atoms with Crippen molar-refractivity contribution in [2.24, 2.45) is 0 Å². The number of urea groups is 2. The number of pyridine rings is 1. The van der Waals surface area contributed by atoms with Gasteiger partial charge in [0, 0.05) is 36.4 Å². The van der Waals surface area contributed by atoms with E-state index in [-0.39, 0.29) is 25.1 Å². The van der Waals surface area contributed by atoms with Crippen LogP contribution >= 0.6 is 0 Å². The molecule has 34 heavy (non-hydrogen) atoms. The maximum atomic E-state index is 13.1. The molecule has 1 aromatic heterocycles. The van der Waals surface area contributed by atoms with E-state index in [2.05, 4.69) is 20.9 Å². The lowest BCUT2D eigenvalue weighted by molar-refractivity contribution is -0.141. The molecule has 2 aliphatic rings. The summed E-state index contributed by atoms with van der Waals surface area (Å²) < 4.78 is 44.8. The van der Waals surface area contributed by atoms with Crippen LogP contribution in [0.2, 0.25) is 0 Å². The predicted octanol–water partition coefficient (Wildman–Crippen LogP) is 3.86. The molecule has 9 nitrogen and oxygen atoms in total. The maximum Gasteiger partial charge on any atom is 0.433 e. The van der Waals surface area contributed by atoms with Gasteiger partial charge in [-0.25, -0.2) is 14.6 Å². The number of hydrogen-bond donors (Lipinski definition) is 4. The number of nitrogens with zero attached hydrogens (tertiary/aromatic N) is 2. The Kier molecular flexibility index (Phi) is 6.02. The molecule has 0 saturated heterocycles. The van der Waals surface area contributed by atoms with Crippen LogP contribution in [-0.4, -0.2) is 45.8 Å². The van der Waals surface area contributed by atoms with E-state index in [9.17, 15) is 22.8 Å². The van der Waals surface area contributed by atoms with Crippen molar-refractivity contribution in [3.8, 4) is 5.88 Å². The van der Waals surface area contributed by atoms with Gasteiger partial charge in [-0.15, -0.1) is 0 Å². The highest BCUT2D eigenvalue weighted by Crippen LogP contribution is 2.40. The third-order valence-electron chi connectivity index (χ3n) is 5.56. The number of alkyl halides is 3. The van der Waals surface area contributed by atoms with E-state index >= 15 is 0 Å². The number of benzene rings is 1. The van der Waals surface area contributed by atoms with Crippen LogP contribution < -0.4 is 20.7 Å². The summed E-state index contributed by atoms with van der Waals surface area (Å²) in [5, 5.41) is 17.2. The van der Waals surface area contributed by atoms with Gasteiger partial charge in [-0.1, -0.05) is 6.07 Å². The standard InChI is InChI=1S/C22H24F3N5O4/c1-21(2)10-16(14-5-6-17(22(23,24)25)29-18(14)34-21)27-19(32)26-13-4-3-12-11-30(7-8-31)20(33)28-15(12)9-13/h3-6,9,16,31H,7-8,10-11H2,1-2H3,(H,28,33)(H2,26,27,32)/t16-/m1/s1. The minimum absolute atomic E-state index is 0.151. The molecule has 2 aromatic rings. The molecule has 0 unspecified atom stereocenters. The van der Waals surface area contributed by atoms with Gasteiger partial charge in [0.2, 0.25) is 5.88 Å². The lowest BCUT2D eigenvalue weighted by atomic mass is 9.91. The fourth-order valence-corrected chi connectivity index (χ4v) is 4.00. The quantitative estimate of drug-likeness (QED) is 0.532. The number of nitrogens with one attached hydrogen (secondary N) is 3. The van der Waals surface area contributed by atoms with Crippen LogP contribution in [0.4, 0.5) is 34.1 Å². The SMILES string of the molecule is CC1(C)C[C@@H](NC(=O)Nc2ccc3c(c2)NC(=O)N(CCO)C3)c2ccc(C(F)(F)F)nc2O1. The third kappa shape index (κ3) is 5.01. The normalized spacial score (nSPS) is 18.8. The van der Waals surface area contributed by atoms with Crippen LogP contribution in [0.1, 0.15) is 43.1 Å². The number of rotatable bonds is 4. The minimum atomic E-state index is -4.61. The van der Waals surface area contributed by atoms with Crippen LogP contribution in [0.25, 0.3) is 0 Å². The van der Waals surface area contributed by atoms with Gasteiger partial charge in [-0.3, -0.25) is 0 Å². The van der Waals surface area contributed by atoms with Crippen molar-refractivity contribution in [2.45, 2.75) is 44.6 Å². The molecule has 12 heteroatoms. The fourth-order valence-electron chi connectivity index (χ4n) is 4.00. The van der Waals surface area contributed by atoms with Crippen LogP contribution in [0.15, 0.2) is 30.3 Å². The number of aromatic nitrogens is 1. The molecule has 4 rings (SSSR count). The summed E-state index contributed by atoms with van der Waals surface area (Å²) in [5.74, 6) is -0.166.